The summed E-state index contributed by atoms with van der Waals surface area (Å²) in [6, 6.07) is 28.9. The molecule has 4 aromatic carbocycles. The van der Waals surface area contributed by atoms with E-state index in [4.69, 9.17) is 0 Å². The molecule has 3 heteroatoms. The van der Waals surface area contributed by atoms with E-state index >= 15 is 0 Å². The first-order valence-electron chi connectivity index (χ1n) is 8.80. The Labute approximate surface area is 172 Å². The highest BCUT2D eigenvalue weighted by atomic mass is 79.9. The molecule has 128 valence electrons. The van der Waals surface area contributed by atoms with Gasteiger partial charge in [-0.2, -0.15) is 0 Å². The van der Waals surface area contributed by atoms with Gasteiger partial charge in [0.2, 0.25) is 0 Å². The normalized spacial score (nSPS) is 11.9. The molecule has 0 aliphatic rings. The van der Waals surface area contributed by atoms with Crippen molar-refractivity contribution >= 4 is 78.9 Å². The van der Waals surface area contributed by atoms with Crippen molar-refractivity contribution in [3.63, 3.8) is 0 Å². The Hall–Kier alpha value is -2.20. The fourth-order valence-electron chi connectivity index (χ4n) is 3.83. The number of hydrogen-bond acceptors (Lipinski definition) is 2. The zero-order valence-corrected chi connectivity index (χ0v) is 17.4. The van der Waals surface area contributed by atoms with Gasteiger partial charge in [-0.25, -0.2) is 0 Å². The summed E-state index contributed by atoms with van der Waals surface area (Å²) in [6.07, 6.45) is 0. The Bertz CT molecular complexity index is 1490. The van der Waals surface area contributed by atoms with Crippen molar-refractivity contribution in [1.82, 2.24) is 0 Å². The van der Waals surface area contributed by atoms with E-state index in [1.54, 1.807) is 0 Å². The number of hydrogen-bond donors (Lipinski definition) is 0. The SMILES string of the molecule is Brc1ccc2sc3cc(-c4ccc5sc6ccccc6c5c4)ccc3c2c1. The first-order chi connectivity index (χ1) is 13.3. The minimum atomic E-state index is 1.13. The van der Waals surface area contributed by atoms with Crippen LogP contribution in [0.5, 0.6) is 0 Å². The van der Waals surface area contributed by atoms with Crippen molar-refractivity contribution in [3.8, 4) is 11.1 Å². The van der Waals surface area contributed by atoms with E-state index in [9.17, 15) is 0 Å². The maximum Gasteiger partial charge on any atom is 0.0361 e. The predicted molar refractivity (Wildman–Crippen MR) is 125 cm³/mol. The fraction of sp³-hybridized carbons (Fsp3) is 0. The molecular weight excluding hydrogens is 432 g/mol. The van der Waals surface area contributed by atoms with Gasteiger partial charge in [0.15, 0.2) is 0 Å². The Morgan fingerprint density at radius 1 is 0.481 bits per heavy atom. The van der Waals surface area contributed by atoms with E-state index in [2.05, 4.69) is 94.8 Å². The molecule has 0 fully saturated rings. The van der Waals surface area contributed by atoms with Gasteiger partial charge in [0.1, 0.15) is 0 Å². The lowest BCUT2D eigenvalue weighted by atomic mass is 10.0. The third-order valence-corrected chi connectivity index (χ3v) is 7.92. The van der Waals surface area contributed by atoms with Crippen molar-refractivity contribution in [1.29, 1.82) is 0 Å². The van der Waals surface area contributed by atoms with Crippen LogP contribution in [0, 0.1) is 0 Å². The van der Waals surface area contributed by atoms with E-state index in [0.29, 0.717) is 0 Å². The number of fused-ring (bicyclic) bond motifs is 6. The molecule has 6 rings (SSSR count). The molecule has 0 atom stereocenters. The summed E-state index contributed by atoms with van der Waals surface area (Å²) in [5.74, 6) is 0. The molecule has 2 aromatic heterocycles. The summed E-state index contributed by atoms with van der Waals surface area (Å²) in [5, 5.41) is 5.37. The molecule has 0 amide bonds. The fourth-order valence-corrected chi connectivity index (χ4v) is 6.41. The summed E-state index contributed by atoms with van der Waals surface area (Å²) in [4.78, 5) is 0. The van der Waals surface area contributed by atoms with E-state index in [0.717, 1.165) is 4.47 Å². The molecule has 0 aliphatic heterocycles. The molecule has 0 radical (unpaired) electrons. The summed E-state index contributed by atoms with van der Waals surface area (Å²) < 4.78 is 6.52. The summed E-state index contributed by atoms with van der Waals surface area (Å²) in [7, 11) is 0. The third-order valence-electron chi connectivity index (χ3n) is 5.14. The standard InChI is InChI=1S/C24H13BrS2/c25-16-7-10-23-20(13-16)18-8-5-15(12-24(18)27-23)14-6-9-22-19(11-14)17-3-1-2-4-21(17)26-22/h1-13H. The van der Waals surface area contributed by atoms with Crippen molar-refractivity contribution in [2.75, 3.05) is 0 Å². The number of rotatable bonds is 1. The van der Waals surface area contributed by atoms with Crippen LogP contribution in [0.3, 0.4) is 0 Å². The highest BCUT2D eigenvalue weighted by Gasteiger charge is 2.09. The zero-order valence-electron chi connectivity index (χ0n) is 14.2. The molecule has 2 heterocycles. The van der Waals surface area contributed by atoms with Crippen LogP contribution in [0.2, 0.25) is 0 Å². The summed E-state index contributed by atoms with van der Waals surface area (Å²) in [6.45, 7) is 0. The van der Waals surface area contributed by atoms with Crippen LogP contribution < -0.4 is 0 Å². The Balaban J connectivity index is 1.58. The molecule has 0 unspecified atom stereocenters. The van der Waals surface area contributed by atoms with Crippen LogP contribution in [0.15, 0.2) is 83.3 Å². The number of thiophene rings is 2. The highest BCUT2D eigenvalue weighted by molar-refractivity contribution is 9.10. The highest BCUT2D eigenvalue weighted by Crippen LogP contribution is 2.39. The van der Waals surface area contributed by atoms with Crippen LogP contribution in [0.1, 0.15) is 0 Å². The van der Waals surface area contributed by atoms with Gasteiger partial charge >= 0.3 is 0 Å². The Morgan fingerprint density at radius 2 is 1.11 bits per heavy atom. The molecule has 0 aliphatic carbocycles. The molecule has 0 saturated carbocycles. The van der Waals surface area contributed by atoms with Gasteiger partial charge in [0, 0.05) is 44.8 Å². The lowest BCUT2D eigenvalue weighted by Gasteiger charge is -2.03. The second-order valence-electron chi connectivity index (χ2n) is 6.76. The van der Waals surface area contributed by atoms with Crippen molar-refractivity contribution in [3.05, 3.63) is 83.3 Å². The minimum Gasteiger partial charge on any atom is -0.135 e. The first-order valence-corrected chi connectivity index (χ1v) is 11.2. The zero-order chi connectivity index (χ0) is 18.0. The number of benzene rings is 4. The van der Waals surface area contributed by atoms with Gasteiger partial charge in [0.05, 0.1) is 0 Å². The van der Waals surface area contributed by atoms with Crippen LogP contribution >= 0.6 is 38.6 Å². The Kier molecular flexibility index (Phi) is 3.46. The largest absolute Gasteiger partial charge is 0.135 e. The lowest BCUT2D eigenvalue weighted by molar-refractivity contribution is 1.72. The van der Waals surface area contributed by atoms with Gasteiger partial charge < -0.3 is 0 Å². The molecule has 27 heavy (non-hydrogen) atoms. The van der Waals surface area contributed by atoms with Gasteiger partial charge in [-0.3, -0.25) is 0 Å². The smallest absolute Gasteiger partial charge is 0.0361 e. The summed E-state index contributed by atoms with van der Waals surface area (Å²) in [5.41, 5.74) is 2.57. The van der Waals surface area contributed by atoms with Crippen molar-refractivity contribution in [2.45, 2.75) is 0 Å². The van der Waals surface area contributed by atoms with E-state index in [-0.39, 0.29) is 0 Å². The van der Waals surface area contributed by atoms with Gasteiger partial charge in [0.25, 0.3) is 0 Å². The van der Waals surface area contributed by atoms with Crippen molar-refractivity contribution < 1.29 is 0 Å². The van der Waals surface area contributed by atoms with Crippen LogP contribution in [0.25, 0.3) is 51.5 Å². The molecule has 0 N–H and O–H groups in total. The maximum absolute atomic E-state index is 3.60. The van der Waals surface area contributed by atoms with E-state index < -0.39 is 0 Å². The maximum atomic E-state index is 3.60. The summed E-state index contributed by atoms with van der Waals surface area (Å²) >= 11 is 7.34. The Morgan fingerprint density at radius 3 is 2.04 bits per heavy atom. The number of halogens is 1. The van der Waals surface area contributed by atoms with Crippen LogP contribution in [0.4, 0.5) is 0 Å². The molecule has 0 saturated heterocycles. The average molecular weight is 445 g/mol. The first kappa shape index (κ1) is 15.8. The third kappa shape index (κ3) is 2.46. The van der Waals surface area contributed by atoms with Gasteiger partial charge in [-0.15, -0.1) is 22.7 Å². The van der Waals surface area contributed by atoms with Gasteiger partial charge in [-0.1, -0.05) is 52.3 Å². The van der Waals surface area contributed by atoms with Gasteiger partial charge in [-0.05, 0) is 53.6 Å². The van der Waals surface area contributed by atoms with E-state index in [1.807, 2.05) is 22.7 Å². The monoisotopic (exact) mass is 444 g/mol. The molecule has 0 spiro atoms. The average Bonchev–Trinajstić information content (AvgIpc) is 3.24. The van der Waals surface area contributed by atoms with E-state index in [1.165, 1.54) is 51.5 Å². The van der Waals surface area contributed by atoms with Crippen LogP contribution in [-0.4, -0.2) is 0 Å². The minimum absolute atomic E-state index is 1.13. The van der Waals surface area contributed by atoms with Crippen molar-refractivity contribution in [2.24, 2.45) is 0 Å². The predicted octanol–water partition coefficient (Wildman–Crippen LogP) is 8.85. The molecular formula is C24H13BrS2. The second-order valence-corrected chi connectivity index (χ2v) is 9.85. The molecule has 0 nitrogen and oxygen atoms in total. The topological polar surface area (TPSA) is 0 Å². The molecule has 6 aromatic rings. The lowest BCUT2D eigenvalue weighted by Crippen LogP contribution is -1.77. The quantitative estimate of drug-likeness (QED) is 0.237. The second kappa shape index (κ2) is 5.90. The van der Waals surface area contributed by atoms with Crippen LogP contribution in [-0.2, 0) is 0 Å². The molecule has 0 bridgehead atoms.